The molecule has 0 bridgehead atoms. The fraction of sp³-hybridized carbons (Fsp3) is 0.333. The predicted octanol–water partition coefficient (Wildman–Crippen LogP) is 5.22. The first kappa shape index (κ1) is 23.5. The van der Waals surface area contributed by atoms with Crippen LogP contribution in [0.15, 0.2) is 46.9 Å². The molecule has 0 radical (unpaired) electrons. The first-order chi connectivity index (χ1) is 14.3. The first-order valence-corrected chi connectivity index (χ1v) is 10.5. The number of esters is 1. The second-order valence-corrected chi connectivity index (χ2v) is 7.65. The van der Waals surface area contributed by atoms with Gasteiger partial charge in [0.15, 0.2) is 6.10 Å². The number of aryl methyl sites for hydroxylation is 1. The zero-order valence-corrected chi connectivity index (χ0v) is 19.2. The Balaban J connectivity index is 2.02. The largest absolute Gasteiger partial charge is 0.481 e. The average Bonchev–Trinajstić information content (AvgIpc) is 2.71. The molecule has 0 saturated heterocycles. The summed E-state index contributed by atoms with van der Waals surface area (Å²) in [5.41, 5.74) is 2.49. The van der Waals surface area contributed by atoms with Gasteiger partial charge in [0.2, 0.25) is 0 Å². The van der Waals surface area contributed by atoms with Crippen molar-refractivity contribution in [3.8, 4) is 17.6 Å². The van der Waals surface area contributed by atoms with Gasteiger partial charge < -0.3 is 14.8 Å². The number of rotatable bonds is 8. The molecule has 0 aromatic heterocycles. The molecule has 158 valence electrons. The minimum Gasteiger partial charge on any atom is -0.481 e. The third-order valence-electron chi connectivity index (χ3n) is 4.40. The van der Waals surface area contributed by atoms with Crippen molar-refractivity contribution in [3.63, 3.8) is 0 Å². The summed E-state index contributed by atoms with van der Waals surface area (Å²) < 4.78 is 11.7. The van der Waals surface area contributed by atoms with Crippen molar-refractivity contribution < 1.29 is 19.1 Å². The number of amides is 1. The summed E-state index contributed by atoms with van der Waals surface area (Å²) in [6.45, 7) is 7.49. The molecule has 0 aliphatic carbocycles. The van der Waals surface area contributed by atoms with E-state index < -0.39 is 6.10 Å². The van der Waals surface area contributed by atoms with Crippen molar-refractivity contribution in [2.75, 3.05) is 11.9 Å². The third-order valence-corrected chi connectivity index (χ3v) is 4.89. The van der Waals surface area contributed by atoms with Crippen LogP contribution in [0.5, 0.6) is 5.75 Å². The Morgan fingerprint density at radius 1 is 1.17 bits per heavy atom. The van der Waals surface area contributed by atoms with E-state index in [1.165, 1.54) is 0 Å². The van der Waals surface area contributed by atoms with Crippen LogP contribution in [0, 0.1) is 18.8 Å². The lowest BCUT2D eigenvalue weighted by molar-refractivity contribution is -0.143. The van der Waals surface area contributed by atoms with Gasteiger partial charge in [0, 0.05) is 10.2 Å². The van der Waals surface area contributed by atoms with Crippen molar-refractivity contribution >= 4 is 33.5 Å². The van der Waals surface area contributed by atoms with Crippen LogP contribution < -0.4 is 10.1 Å². The van der Waals surface area contributed by atoms with Gasteiger partial charge in [-0.05, 0) is 63.1 Å². The standard InChI is InChI=1S/C24H26BrNO4/c1-5-7-19(14-23(27)29-6-2)18-9-12-21(13-10-18)26-24(28)17(4)30-22-15-20(25)11-8-16(22)3/h8-13,15,17,19H,6,14H2,1-4H3,(H,26,28). The van der Waals surface area contributed by atoms with E-state index >= 15 is 0 Å². The van der Waals surface area contributed by atoms with Crippen LogP contribution >= 0.6 is 15.9 Å². The van der Waals surface area contributed by atoms with Crippen LogP contribution in [0.4, 0.5) is 5.69 Å². The van der Waals surface area contributed by atoms with Crippen molar-refractivity contribution in [3.05, 3.63) is 58.1 Å². The smallest absolute Gasteiger partial charge is 0.307 e. The molecule has 0 fully saturated rings. The van der Waals surface area contributed by atoms with Gasteiger partial charge in [0.1, 0.15) is 5.75 Å². The number of hydrogen-bond donors (Lipinski definition) is 1. The van der Waals surface area contributed by atoms with E-state index in [0.717, 1.165) is 15.6 Å². The van der Waals surface area contributed by atoms with Gasteiger partial charge in [-0.3, -0.25) is 9.59 Å². The molecule has 2 aromatic carbocycles. The van der Waals surface area contributed by atoms with E-state index in [0.29, 0.717) is 18.0 Å². The fourth-order valence-corrected chi connectivity index (χ4v) is 3.14. The zero-order valence-electron chi connectivity index (χ0n) is 17.6. The van der Waals surface area contributed by atoms with E-state index in [1.54, 1.807) is 32.9 Å². The van der Waals surface area contributed by atoms with Crippen LogP contribution in [0.25, 0.3) is 0 Å². The molecular weight excluding hydrogens is 446 g/mol. The van der Waals surface area contributed by atoms with E-state index in [9.17, 15) is 9.59 Å². The van der Waals surface area contributed by atoms with Crippen LogP contribution in [-0.4, -0.2) is 24.6 Å². The molecule has 2 aromatic rings. The number of ether oxygens (including phenoxy) is 2. The molecule has 2 atom stereocenters. The summed E-state index contributed by atoms with van der Waals surface area (Å²) in [4.78, 5) is 24.3. The summed E-state index contributed by atoms with van der Waals surface area (Å²) in [6, 6.07) is 13.0. The number of carbonyl (C=O) groups is 2. The quantitative estimate of drug-likeness (QED) is 0.423. The van der Waals surface area contributed by atoms with Crippen molar-refractivity contribution in [2.45, 2.75) is 46.1 Å². The molecule has 0 saturated carbocycles. The molecule has 0 aliphatic rings. The Bertz CT molecular complexity index is 944. The Morgan fingerprint density at radius 3 is 2.50 bits per heavy atom. The number of benzene rings is 2. The molecule has 0 aliphatic heterocycles. The SMILES string of the molecule is CC#CC(CC(=O)OCC)c1ccc(NC(=O)C(C)Oc2cc(Br)ccc2C)cc1. The lowest BCUT2D eigenvalue weighted by Gasteiger charge is -2.17. The minimum atomic E-state index is -0.666. The van der Waals surface area contributed by atoms with E-state index in [1.807, 2.05) is 37.3 Å². The van der Waals surface area contributed by atoms with Gasteiger partial charge in [-0.2, -0.15) is 0 Å². The van der Waals surface area contributed by atoms with E-state index in [2.05, 4.69) is 33.1 Å². The maximum absolute atomic E-state index is 12.5. The highest BCUT2D eigenvalue weighted by molar-refractivity contribution is 9.10. The van der Waals surface area contributed by atoms with Crippen LogP contribution in [0.2, 0.25) is 0 Å². The second-order valence-electron chi connectivity index (χ2n) is 6.74. The zero-order chi connectivity index (χ0) is 22.1. The summed E-state index contributed by atoms with van der Waals surface area (Å²) in [7, 11) is 0. The van der Waals surface area contributed by atoms with Gasteiger partial charge in [0.05, 0.1) is 18.9 Å². The minimum absolute atomic E-state index is 0.192. The summed E-state index contributed by atoms with van der Waals surface area (Å²) in [6.07, 6.45) is -0.475. The Morgan fingerprint density at radius 2 is 1.87 bits per heavy atom. The number of nitrogens with one attached hydrogen (secondary N) is 1. The van der Waals surface area contributed by atoms with Gasteiger partial charge >= 0.3 is 5.97 Å². The van der Waals surface area contributed by atoms with Crippen molar-refractivity contribution in [1.82, 2.24) is 0 Å². The number of anilines is 1. The summed E-state index contributed by atoms with van der Waals surface area (Å²) in [5.74, 6) is 5.77. The van der Waals surface area contributed by atoms with Gasteiger partial charge in [-0.1, -0.05) is 40.0 Å². The number of halogens is 1. The fourth-order valence-electron chi connectivity index (χ4n) is 2.80. The topological polar surface area (TPSA) is 64.6 Å². The highest BCUT2D eigenvalue weighted by Gasteiger charge is 2.18. The Kier molecular flexibility index (Phi) is 8.94. The van der Waals surface area contributed by atoms with Gasteiger partial charge in [-0.15, -0.1) is 5.92 Å². The van der Waals surface area contributed by atoms with Crippen molar-refractivity contribution in [1.29, 1.82) is 0 Å². The summed E-state index contributed by atoms with van der Waals surface area (Å²) in [5, 5.41) is 2.85. The molecule has 6 heteroatoms. The lowest BCUT2D eigenvalue weighted by atomic mass is 9.96. The molecular formula is C24H26BrNO4. The highest BCUT2D eigenvalue weighted by atomic mass is 79.9. The molecule has 0 heterocycles. The Labute approximate surface area is 186 Å². The average molecular weight is 472 g/mol. The molecule has 5 nitrogen and oxygen atoms in total. The molecule has 2 rings (SSSR count). The van der Waals surface area contributed by atoms with Crippen LogP contribution in [-0.2, 0) is 14.3 Å². The van der Waals surface area contributed by atoms with Crippen LogP contribution in [0.3, 0.4) is 0 Å². The molecule has 1 N–H and O–H groups in total. The lowest BCUT2D eigenvalue weighted by Crippen LogP contribution is -2.30. The van der Waals surface area contributed by atoms with Crippen LogP contribution in [0.1, 0.15) is 44.2 Å². The number of carbonyl (C=O) groups excluding carboxylic acids is 2. The second kappa shape index (κ2) is 11.4. The predicted molar refractivity (Wildman–Crippen MR) is 121 cm³/mol. The maximum atomic E-state index is 12.5. The molecule has 1 amide bonds. The Hall–Kier alpha value is -2.78. The van der Waals surface area contributed by atoms with E-state index in [4.69, 9.17) is 9.47 Å². The number of hydrogen-bond acceptors (Lipinski definition) is 4. The molecule has 2 unspecified atom stereocenters. The van der Waals surface area contributed by atoms with Gasteiger partial charge in [0.25, 0.3) is 5.91 Å². The van der Waals surface area contributed by atoms with Crippen molar-refractivity contribution in [2.24, 2.45) is 0 Å². The molecule has 0 spiro atoms. The normalized spacial score (nSPS) is 12.2. The van der Waals surface area contributed by atoms with Gasteiger partial charge in [-0.25, -0.2) is 0 Å². The summed E-state index contributed by atoms with van der Waals surface area (Å²) >= 11 is 3.41. The molecule has 30 heavy (non-hydrogen) atoms. The van der Waals surface area contributed by atoms with E-state index in [-0.39, 0.29) is 24.2 Å². The highest BCUT2D eigenvalue weighted by Crippen LogP contribution is 2.25. The monoisotopic (exact) mass is 471 g/mol. The third kappa shape index (κ3) is 6.93. The maximum Gasteiger partial charge on any atom is 0.307 e. The first-order valence-electron chi connectivity index (χ1n) is 9.75.